The molecule has 1 aromatic carbocycles. The molecule has 18 heavy (non-hydrogen) atoms. The summed E-state index contributed by atoms with van der Waals surface area (Å²) in [4.78, 5) is 0. The van der Waals surface area contributed by atoms with E-state index in [1.54, 1.807) is 19.1 Å². The van der Waals surface area contributed by atoms with Crippen molar-refractivity contribution in [2.75, 3.05) is 13.7 Å². The van der Waals surface area contributed by atoms with Gasteiger partial charge in [-0.3, -0.25) is 0 Å². The Morgan fingerprint density at radius 3 is 2.83 bits per heavy atom. The standard InChI is InChI=1S/C14H20FNO2/c1-4-17-14-12(16-3)8-13(14)18-10-6-5-9(2)11(15)7-10/h5-7,12-14,16H,4,8H2,1-3H3. The molecule has 0 amide bonds. The van der Waals surface area contributed by atoms with Gasteiger partial charge in [0.25, 0.3) is 0 Å². The second kappa shape index (κ2) is 5.67. The van der Waals surface area contributed by atoms with Gasteiger partial charge in [0, 0.05) is 25.1 Å². The molecule has 3 unspecified atom stereocenters. The normalized spacial score (nSPS) is 26.8. The van der Waals surface area contributed by atoms with Crippen molar-refractivity contribution in [2.24, 2.45) is 0 Å². The van der Waals surface area contributed by atoms with Crippen molar-refractivity contribution in [3.63, 3.8) is 0 Å². The van der Waals surface area contributed by atoms with Crippen molar-refractivity contribution in [3.05, 3.63) is 29.6 Å². The lowest BCUT2D eigenvalue weighted by Crippen LogP contribution is -2.60. The highest BCUT2D eigenvalue weighted by atomic mass is 19.1. The van der Waals surface area contributed by atoms with Crippen LogP contribution in [-0.4, -0.2) is 31.9 Å². The van der Waals surface area contributed by atoms with Crippen molar-refractivity contribution >= 4 is 0 Å². The molecule has 1 aromatic rings. The first kappa shape index (κ1) is 13.3. The van der Waals surface area contributed by atoms with Crippen LogP contribution in [0.5, 0.6) is 5.75 Å². The molecule has 2 rings (SSSR count). The molecular weight excluding hydrogens is 233 g/mol. The quantitative estimate of drug-likeness (QED) is 0.873. The minimum atomic E-state index is -0.232. The van der Waals surface area contributed by atoms with Gasteiger partial charge in [0.05, 0.1) is 0 Å². The first-order chi connectivity index (χ1) is 8.65. The van der Waals surface area contributed by atoms with Crippen LogP contribution in [-0.2, 0) is 4.74 Å². The fraction of sp³-hybridized carbons (Fsp3) is 0.571. The van der Waals surface area contributed by atoms with E-state index in [-0.39, 0.29) is 18.0 Å². The fourth-order valence-corrected chi connectivity index (χ4v) is 2.22. The van der Waals surface area contributed by atoms with Gasteiger partial charge < -0.3 is 14.8 Å². The molecule has 1 fully saturated rings. The summed E-state index contributed by atoms with van der Waals surface area (Å²) in [5.41, 5.74) is 0.630. The number of ether oxygens (including phenoxy) is 2. The minimum Gasteiger partial charge on any atom is -0.487 e. The molecule has 0 aromatic heterocycles. The molecule has 1 N–H and O–H groups in total. The number of hydrogen-bond donors (Lipinski definition) is 1. The second-order valence-electron chi connectivity index (χ2n) is 4.62. The van der Waals surface area contributed by atoms with E-state index in [1.165, 1.54) is 6.07 Å². The summed E-state index contributed by atoms with van der Waals surface area (Å²) in [7, 11) is 1.92. The van der Waals surface area contributed by atoms with Crippen LogP contribution in [0.3, 0.4) is 0 Å². The maximum atomic E-state index is 13.4. The van der Waals surface area contributed by atoms with Gasteiger partial charge >= 0.3 is 0 Å². The van der Waals surface area contributed by atoms with Crippen LogP contribution in [0.15, 0.2) is 18.2 Å². The smallest absolute Gasteiger partial charge is 0.129 e. The lowest BCUT2D eigenvalue weighted by Gasteiger charge is -2.43. The number of nitrogens with one attached hydrogen (secondary N) is 1. The van der Waals surface area contributed by atoms with Crippen LogP contribution >= 0.6 is 0 Å². The summed E-state index contributed by atoms with van der Waals surface area (Å²) < 4.78 is 24.8. The van der Waals surface area contributed by atoms with Crippen LogP contribution in [0, 0.1) is 12.7 Å². The predicted octanol–water partition coefficient (Wildman–Crippen LogP) is 2.28. The molecule has 3 atom stereocenters. The zero-order chi connectivity index (χ0) is 13.1. The molecule has 4 heteroatoms. The SMILES string of the molecule is CCOC1C(NC)CC1Oc1ccc(C)c(F)c1. The molecule has 3 nitrogen and oxygen atoms in total. The van der Waals surface area contributed by atoms with Crippen LogP contribution in [0.25, 0.3) is 0 Å². The van der Waals surface area contributed by atoms with Gasteiger partial charge in [-0.05, 0) is 32.5 Å². The Bertz CT molecular complexity index is 411. The molecule has 1 saturated carbocycles. The first-order valence-electron chi connectivity index (χ1n) is 6.37. The summed E-state index contributed by atoms with van der Waals surface area (Å²) in [5, 5.41) is 3.19. The highest BCUT2D eigenvalue weighted by molar-refractivity contribution is 5.28. The van der Waals surface area contributed by atoms with Gasteiger partial charge in [-0.2, -0.15) is 0 Å². The number of benzene rings is 1. The minimum absolute atomic E-state index is 0.00417. The second-order valence-corrected chi connectivity index (χ2v) is 4.62. The van der Waals surface area contributed by atoms with Crippen molar-refractivity contribution in [3.8, 4) is 5.75 Å². The van der Waals surface area contributed by atoms with E-state index in [9.17, 15) is 4.39 Å². The molecule has 0 saturated heterocycles. The molecule has 1 aliphatic rings. The predicted molar refractivity (Wildman–Crippen MR) is 68.4 cm³/mol. The van der Waals surface area contributed by atoms with Crippen molar-refractivity contribution in [1.29, 1.82) is 0 Å². The maximum Gasteiger partial charge on any atom is 0.129 e. The van der Waals surface area contributed by atoms with Gasteiger partial charge in [0.2, 0.25) is 0 Å². The van der Waals surface area contributed by atoms with E-state index >= 15 is 0 Å². The zero-order valence-electron chi connectivity index (χ0n) is 11.1. The summed E-state index contributed by atoms with van der Waals surface area (Å²) in [5.74, 6) is 0.340. The Morgan fingerprint density at radius 2 is 2.22 bits per heavy atom. The highest BCUT2D eigenvalue weighted by Crippen LogP contribution is 2.29. The van der Waals surface area contributed by atoms with E-state index in [0.717, 1.165) is 6.42 Å². The lowest BCUT2D eigenvalue weighted by atomic mass is 9.85. The number of likely N-dealkylation sites (N-methyl/N-ethyl adjacent to an activating group) is 1. The average Bonchev–Trinajstić information content (AvgIpc) is 2.35. The topological polar surface area (TPSA) is 30.5 Å². The van der Waals surface area contributed by atoms with Crippen LogP contribution in [0.2, 0.25) is 0 Å². The Labute approximate surface area is 107 Å². The molecule has 0 heterocycles. The Balaban J connectivity index is 1.99. The molecule has 0 radical (unpaired) electrons. The molecule has 0 aliphatic heterocycles. The lowest BCUT2D eigenvalue weighted by molar-refractivity contribution is -0.103. The van der Waals surface area contributed by atoms with Crippen LogP contribution < -0.4 is 10.1 Å². The third-order valence-corrected chi connectivity index (χ3v) is 3.41. The molecule has 100 valence electrons. The third kappa shape index (κ3) is 2.65. The van der Waals surface area contributed by atoms with Gasteiger partial charge in [0.1, 0.15) is 23.8 Å². The third-order valence-electron chi connectivity index (χ3n) is 3.41. The van der Waals surface area contributed by atoms with E-state index in [0.29, 0.717) is 24.0 Å². The molecule has 0 bridgehead atoms. The van der Waals surface area contributed by atoms with E-state index in [4.69, 9.17) is 9.47 Å². The van der Waals surface area contributed by atoms with Gasteiger partial charge in [-0.1, -0.05) is 6.07 Å². The largest absolute Gasteiger partial charge is 0.487 e. The van der Waals surface area contributed by atoms with Gasteiger partial charge in [0.15, 0.2) is 0 Å². The Hall–Kier alpha value is -1.13. The van der Waals surface area contributed by atoms with Crippen molar-refractivity contribution in [2.45, 2.75) is 38.5 Å². The molecule has 1 aliphatic carbocycles. The summed E-state index contributed by atoms with van der Waals surface area (Å²) in [6.45, 7) is 4.36. The van der Waals surface area contributed by atoms with E-state index < -0.39 is 0 Å². The summed E-state index contributed by atoms with van der Waals surface area (Å²) in [6, 6.07) is 5.29. The number of halogens is 1. The number of hydrogen-bond acceptors (Lipinski definition) is 3. The monoisotopic (exact) mass is 253 g/mol. The fourth-order valence-electron chi connectivity index (χ4n) is 2.22. The average molecular weight is 253 g/mol. The molecular formula is C14H20FNO2. The summed E-state index contributed by atoms with van der Waals surface area (Å²) in [6.07, 6.45) is 0.935. The Morgan fingerprint density at radius 1 is 1.44 bits per heavy atom. The van der Waals surface area contributed by atoms with Gasteiger partial charge in [-0.15, -0.1) is 0 Å². The van der Waals surface area contributed by atoms with Crippen LogP contribution in [0.4, 0.5) is 4.39 Å². The van der Waals surface area contributed by atoms with Crippen molar-refractivity contribution < 1.29 is 13.9 Å². The van der Waals surface area contributed by atoms with Crippen molar-refractivity contribution in [1.82, 2.24) is 5.32 Å². The molecule has 0 spiro atoms. The van der Waals surface area contributed by atoms with E-state index in [2.05, 4.69) is 5.32 Å². The Kier molecular flexibility index (Phi) is 4.19. The maximum absolute atomic E-state index is 13.4. The van der Waals surface area contributed by atoms with E-state index in [1.807, 2.05) is 14.0 Å². The van der Waals surface area contributed by atoms with Gasteiger partial charge in [-0.25, -0.2) is 4.39 Å². The van der Waals surface area contributed by atoms with Crippen LogP contribution in [0.1, 0.15) is 18.9 Å². The summed E-state index contributed by atoms with van der Waals surface area (Å²) >= 11 is 0. The number of rotatable bonds is 5. The highest BCUT2D eigenvalue weighted by Gasteiger charge is 2.42. The zero-order valence-corrected chi connectivity index (χ0v) is 11.1. The number of aryl methyl sites for hydroxylation is 1. The first-order valence-corrected chi connectivity index (χ1v) is 6.37.